The predicted molar refractivity (Wildman–Crippen MR) is 89.5 cm³/mol. The molecular formula is C17H25N5O3. The fourth-order valence-corrected chi connectivity index (χ4v) is 3.36. The molecule has 0 aromatic carbocycles. The first-order valence-corrected chi connectivity index (χ1v) is 8.81. The van der Waals surface area contributed by atoms with Gasteiger partial charge in [0.15, 0.2) is 5.82 Å². The first kappa shape index (κ1) is 17.6. The van der Waals surface area contributed by atoms with Crippen LogP contribution in [0.5, 0.6) is 0 Å². The molecule has 0 radical (unpaired) electrons. The fourth-order valence-electron chi connectivity index (χ4n) is 3.36. The van der Waals surface area contributed by atoms with Gasteiger partial charge >= 0.3 is 0 Å². The minimum atomic E-state index is -0.562. The molecule has 0 spiro atoms. The van der Waals surface area contributed by atoms with Crippen molar-refractivity contribution in [1.82, 2.24) is 25.0 Å². The van der Waals surface area contributed by atoms with Gasteiger partial charge in [-0.3, -0.25) is 4.79 Å². The molecule has 1 fully saturated rings. The SMILES string of the molecule is CCCc1nc(C(C(=O)N2C[C@H](O)C[C@H]2c2ncc[nH]2)C(C)C)no1. The topological polar surface area (TPSA) is 108 Å². The molecule has 1 saturated heterocycles. The number of rotatable bonds is 6. The van der Waals surface area contributed by atoms with E-state index >= 15 is 0 Å². The number of imidazole rings is 1. The second-order valence-electron chi connectivity index (χ2n) is 6.89. The molecule has 0 bridgehead atoms. The monoisotopic (exact) mass is 347 g/mol. The average molecular weight is 347 g/mol. The zero-order valence-corrected chi connectivity index (χ0v) is 14.8. The molecule has 0 aliphatic carbocycles. The molecule has 25 heavy (non-hydrogen) atoms. The molecule has 1 aliphatic heterocycles. The highest BCUT2D eigenvalue weighted by Gasteiger charge is 2.42. The Morgan fingerprint density at radius 1 is 1.52 bits per heavy atom. The maximum absolute atomic E-state index is 13.3. The summed E-state index contributed by atoms with van der Waals surface area (Å²) in [4.78, 5) is 26.7. The van der Waals surface area contributed by atoms with Crippen molar-refractivity contribution in [3.8, 4) is 0 Å². The number of carbonyl (C=O) groups excluding carboxylic acids is 1. The number of hydrogen-bond acceptors (Lipinski definition) is 6. The van der Waals surface area contributed by atoms with Crippen LogP contribution in [-0.4, -0.2) is 48.7 Å². The molecule has 3 rings (SSSR count). The summed E-state index contributed by atoms with van der Waals surface area (Å²) in [6, 6.07) is -0.263. The van der Waals surface area contributed by atoms with Crippen LogP contribution in [0.4, 0.5) is 0 Å². The maximum Gasteiger partial charge on any atom is 0.234 e. The van der Waals surface area contributed by atoms with Gasteiger partial charge in [0, 0.05) is 31.8 Å². The van der Waals surface area contributed by atoms with Crippen LogP contribution in [0.15, 0.2) is 16.9 Å². The summed E-state index contributed by atoms with van der Waals surface area (Å²) in [5, 5.41) is 14.1. The van der Waals surface area contributed by atoms with Gasteiger partial charge < -0.3 is 19.5 Å². The zero-order chi connectivity index (χ0) is 18.0. The molecular weight excluding hydrogens is 322 g/mol. The molecule has 2 N–H and O–H groups in total. The Labute approximate surface area is 146 Å². The lowest BCUT2D eigenvalue weighted by Gasteiger charge is -2.28. The molecule has 1 unspecified atom stereocenters. The number of nitrogens with one attached hydrogen (secondary N) is 1. The third kappa shape index (κ3) is 3.58. The largest absolute Gasteiger partial charge is 0.391 e. The second kappa shape index (κ2) is 7.35. The van der Waals surface area contributed by atoms with Gasteiger partial charge in [-0.05, 0) is 12.3 Å². The number of aliphatic hydroxyl groups excluding tert-OH is 1. The van der Waals surface area contributed by atoms with E-state index < -0.39 is 12.0 Å². The highest BCUT2D eigenvalue weighted by Crippen LogP contribution is 2.35. The number of amides is 1. The van der Waals surface area contributed by atoms with Gasteiger partial charge in [0.05, 0.1) is 12.1 Å². The lowest BCUT2D eigenvalue weighted by molar-refractivity contribution is -0.135. The highest BCUT2D eigenvalue weighted by atomic mass is 16.5. The Hall–Kier alpha value is -2.22. The van der Waals surface area contributed by atoms with Crippen molar-refractivity contribution in [3.63, 3.8) is 0 Å². The highest BCUT2D eigenvalue weighted by molar-refractivity contribution is 5.83. The Kier molecular flexibility index (Phi) is 5.17. The average Bonchev–Trinajstić information content (AvgIpc) is 3.27. The van der Waals surface area contributed by atoms with E-state index in [9.17, 15) is 9.90 Å². The van der Waals surface area contributed by atoms with Gasteiger partial charge in [0.25, 0.3) is 0 Å². The molecule has 0 saturated carbocycles. The summed E-state index contributed by atoms with van der Waals surface area (Å²) >= 11 is 0. The van der Waals surface area contributed by atoms with Crippen molar-refractivity contribution >= 4 is 5.91 Å². The van der Waals surface area contributed by atoms with Crippen LogP contribution in [0.1, 0.15) is 63.1 Å². The van der Waals surface area contributed by atoms with Crippen LogP contribution in [-0.2, 0) is 11.2 Å². The summed E-state index contributed by atoms with van der Waals surface area (Å²) in [5.41, 5.74) is 0. The van der Waals surface area contributed by atoms with E-state index in [1.54, 1.807) is 17.3 Å². The number of likely N-dealkylation sites (tertiary alicyclic amines) is 1. The van der Waals surface area contributed by atoms with Crippen LogP contribution in [0.2, 0.25) is 0 Å². The lowest BCUT2D eigenvalue weighted by Crippen LogP contribution is -2.38. The van der Waals surface area contributed by atoms with Gasteiger partial charge in [-0.1, -0.05) is 25.9 Å². The zero-order valence-electron chi connectivity index (χ0n) is 14.8. The summed E-state index contributed by atoms with van der Waals surface area (Å²) in [5.74, 6) is 1.07. The molecule has 8 nitrogen and oxygen atoms in total. The summed E-state index contributed by atoms with van der Waals surface area (Å²) in [7, 11) is 0. The van der Waals surface area contributed by atoms with Gasteiger partial charge in [0.1, 0.15) is 11.7 Å². The number of aliphatic hydroxyl groups is 1. The van der Waals surface area contributed by atoms with E-state index in [1.807, 2.05) is 20.8 Å². The van der Waals surface area contributed by atoms with E-state index in [0.717, 1.165) is 6.42 Å². The Morgan fingerprint density at radius 3 is 2.96 bits per heavy atom. The van der Waals surface area contributed by atoms with Crippen molar-refractivity contribution in [2.75, 3.05) is 6.54 Å². The summed E-state index contributed by atoms with van der Waals surface area (Å²) < 4.78 is 5.27. The van der Waals surface area contributed by atoms with E-state index in [1.165, 1.54) is 0 Å². The molecule has 2 aromatic heterocycles. The number of aryl methyl sites for hydroxylation is 1. The molecule has 1 amide bonds. The van der Waals surface area contributed by atoms with E-state index in [2.05, 4.69) is 20.1 Å². The van der Waals surface area contributed by atoms with Gasteiger partial charge in [-0.2, -0.15) is 4.98 Å². The van der Waals surface area contributed by atoms with Crippen LogP contribution in [0, 0.1) is 5.92 Å². The second-order valence-corrected chi connectivity index (χ2v) is 6.89. The number of nitrogens with zero attached hydrogens (tertiary/aromatic N) is 4. The Bertz CT molecular complexity index is 697. The van der Waals surface area contributed by atoms with Gasteiger partial charge in [0.2, 0.25) is 11.8 Å². The fraction of sp³-hybridized carbons (Fsp3) is 0.647. The quantitative estimate of drug-likeness (QED) is 0.825. The van der Waals surface area contributed by atoms with Crippen LogP contribution in [0.3, 0.4) is 0 Å². The van der Waals surface area contributed by atoms with E-state index in [0.29, 0.717) is 30.4 Å². The lowest BCUT2D eigenvalue weighted by atomic mass is 9.93. The predicted octanol–water partition coefficient (Wildman–Crippen LogP) is 1.82. The Morgan fingerprint density at radius 2 is 2.32 bits per heavy atom. The first-order valence-electron chi connectivity index (χ1n) is 8.81. The molecule has 8 heteroatoms. The van der Waals surface area contributed by atoms with Crippen molar-refractivity contribution < 1.29 is 14.4 Å². The summed E-state index contributed by atoms with van der Waals surface area (Å²) in [6.45, 7) is 6.25. The third-order valence-electron chi connectivity index (χ3n) is 4.56. The van der Waals surface area contributed by atoms with Crippen LogP contribution >= 0.6 is 0 Å². The number of carbonyl (C=O) groups is 1. The minimum Gasteiger partial charge on any atom is -0.391 e. The number of aromatic amines is 1. The number of aromatic nitrogens is 4. The van der Waals surface area contributed by atoms with Crippen molar-refractivity contribution in [1.29, 1.82) is 0 Å². The molecule has 2 aromatic rings. The molecule has 136 valence electrons. The number of hydrogen-bond donors (Lipinski definition) is 2. The molecule has 3 heterocycles. The maximum atomic E-state index is 13.3. The Balaban J connectivity index is 1.86. The smallest absolute Gasteiger partial charge is 0.234 e. The van der Waals surface area contributed by atoms with Crippen molar-refractivity contribution in [3.05, 3.63) is 29.9 Å². The van der Waals surface area contributed by atoms with Crippen molar-refractivity contribution in [2.45, 2.75) is 58.1 Å². The standard InChI is InChI=1S/C17H25N5O3/c1-4-5-13-20-16(21-25-13)14(10(2)3)17(24)22-9-11(23)8-12(22)15-18-6-7-19-15/h6-7,10-12,14,23H,4-5,8-9H2,1-3H3,(H,18,19)/t11-,12+,14?/m1/s1. The normalized spacial score (nSPS) is 21.9. The van der Waals surface area contributed by atoms with Crippen LogP contribution in [0.25, 0.3) is 0 Å². The third-order valence-corrected chi connectivity index (χ3v) is 4.56. The van der Waals surface area contributed by atoms with E-state index in [4.69, 9.17) is 4.52 Å². The van der Waals surface area contributed by atoms with Crippen molar-refractivity contribution in [2.24, 2.45) is 5.92 Å². The molecule has 3 atom stereocenters. The van der Waals surface area contributed by atoms with Crippen LogP contribution < -0.4 is 0 Å². The first-order chi connectivity index (χ1) is 12.0. The molecule has 1 aliphatic rings. The van der Waals surface area contributed by atoms with Gasteiger partial charge in [-0.25, -0.2) is 4.98 Å². The van der Waals surface area contributed by atoms with E-state index in [-0.39, 0.29) is 24.4 Å². The minimum absolute atomic E-state index is 0.00886. The van der Waals surface area contributed by atoms with Gasteiger partial charge in [-0.15, -0.1) is 0 Å². The summed E-state index contributed by atoms with van der Waals surface area (Å²) in [6.07, 6.45) is 4.88. The number of H-pyrrole nitrogens is 1. The number of β-amino-alcohol motifs (C(OH)–C–C–N with tert-alkyl or cyclic N) is 1.